The summed E-state index contributed by atoms with van der Waals surface area (Å²) in [4.78, 5) is 22.2. The van der Waals surface area contributed by atoms with E-state index in [0.29, 0.717) is 17.3 Å². The van der Waals surface area contributed by atoms with Crippen LogP contribution in [0.25, 0.3) is 0 Å². The summed E-state index contributed by atoms with van der Waals surface area (Å²) < 4.78 is 0. The first-order chi connectivity index (χ1) is 12.7. The fourth-order valence-corrected chi connectivity index (χ4v) is 4.46. The molecule has 1 unspecified atom stereocenters. The van der Waals surface area contributed by atoms with E-state index in [1.54, 1.807) is 6.20 Å². The third-order valence-corrected chi connectivity index (χ3v) is 6.27. The number of fused-ring (bicyclic) bond motifs is 1. The fraction of sp³-hybridized carbons (Fsp3) is 0.474. The molecule has 4 rings (SSSR count). The number of aromatic nitrogens is 1. The van der Waals surface area contributed by atoms with Gasteiger partial charge in [-0.2, -0.15) is 0 Å². The van der Waals surface area contributed by atoms with Crippen LogP contribution in [0, 0.1) is 0 Å². The smallest absolute Gasteiger partial charge is 0.263 e. The Bertz CT molecular complexity index is 769. The molecule has 1 saturated heterocycles. The van der Waals surface area contributed by atoms with Crippen molar-refractivity contribution in [2.45, 2.75) is 12.3 Å². The van der Waals surface area contributed by atoms with Crippen LogP contribution in [-0.2, 0) is 0 Å². The molecule has 6 nitrogen and oxygen atoms in total. The predicted octanol–water partition coefficient (Wildman–Crippen LogP) is 2.22. The Kier molecular flexibility index (Phi) is 5.08. The number of nitrogens with zero attached hydrogens (tertiary/aromatic N) is 3. The standard InChI is InChI=1S/C19H25N5OS/c1-23-8-10-24(11-9-23)19-22-13-17(26-19)18(25)20-7-6-14-12-21-16-5-3-2-4-15(14)16/h2-5,13-14,21H,6-12H2,1H3,(H,20,25). The topological polar surface area (TPSA) is 60.5 Å². The summed E-state index contributed by atoms with van der Waals surface area (Å²) in [7, 11) is 2.14. The van der Waals surface area contributed by atoms with Gasteiger partial charge in [0.2, 0.25) is 0 Å². The molecule has 0 aliphatic carbocycles. The lowest BCUT2D eigenvalue weighted by Crippen LogP contribution is -2.44. The van der Waals surface area contributed by atoms with E-state index in [2.05, 4.69) is 56.7 Å². The van der Waals surface area contributed by atoms with E-state index in [1.165, 1.54) is 22.6 Å². The minimum absolute atomic E-state index is 0.0119. The SMILES string of the molecule is CN1CCN(c2ncc(C(=O)NCCC3CNc4ccccc43)s2)CC1. The fourth-order valence-electron chi connectivity index (χ4n) is 3.58. The number of hydrogen-bond donors (Lipinski definition) is 2. The van der Waals surface area contributed by atoms with Gasteiger partial charge in [-0.3, -0.25) is 4.79 Å². The number of amides is 1. The highest BCUT2D eigenvalue weighted by Crippen LogP contribution is 2.32. The van der Waals surface area contributed by atoms with E-state index < -0.39 is 0 Å². The van der Waals surface area contributed by atoms with E-state index in [0.717, 1.165) is 44.3 Å². The van der Waals surface area contributed by atoms with Crippen molar-refractivity contribution in [3.8, 4) is 0 Å². The van der Waals surface area contributed by atoms with Crippen LogP contribution >= 0.6 is 11.3 Å². The van der Waals surface area contributed by atoms with Gasteiger partial charge in [0.15, 0.2) is 5.13 Å². The number of carbonyl (C=O) groups excluding carboxylic acids is 1. The zero-order valence-electron chi connectivity index (χ0n) is 15.1. The molecule has 138 valence electrons. The number of carbonyl (C=O) groups is 1. The number of anilines is 2. The highest BCUT2D eigenvalue weighted by Gasteiger charge is 2.22. The first kappa shape index (κ1) is 17.3. The molecule has 0 radical (unpaired) electrons. The number of benzene rings is 1. The number of thiazole rings is 1. The van der Waals surface area contributed by atoms with Gasteiger partial charge in [-0.1, -0.05) is 29.5 Å². The maximum absolute atomic E-state index is 12.4. The molecule has 2 N–H and O–H groups in total. The molecule has 0 spiro atoms. The Balaban J connectivity index is 1.28. The van der Waals surface area contributed by atoms with Crippen molar-refractivity contribution in [3.05, 3.63) is 40.9 Å². The summed E-state index contributed by atoms with van der Waals surface area (Å²) in [5.41, 5.74) is 2.58. The molecule has 26 heavy (non-hydrogen) atoms. The number of piperazine rings is 1. The van der Waals surface area contributed by atoms with E-state index in [1.807, 2.05) is 0 Å². The van der Waals surface area contributed by atoms with Crippen molar-refractivity contribution < 1.29 is 4.79 Å². The van der Waals surface area contributed by atoms with Crippen molar-refractivity contribution in [2.24, 2.45) is 0 Å². The molecule has 0 bridgehead atoms. The third kappa shape index (κ3) is 3.68. The number of hydrogen-bond acceptors (Lipinski definition) is 6. The van der Waals surface area contributed by atoms with Gasteiger partial charge in [0.05, 0.1) is 6.20 Å². The molecule has 2 aliphatic rings. The number of likely N-dealkylation sites (N-methyl/N-ethyl adjacent to an activating group) is 1. The summed E-state index contributed by atoms with van der Waals surface area (Å²) in [5.74, 6) is 0.455. The number of nitrogens with one attached hydrogen (secondary N) is 2. The number of rotatable bonds is 5. The van der Waals surface area contributed by atoms with Crippen molar-refractivity contribution >= 4 is 28.1 Å². The highest BCUT2D eigenvalue weighted by atomic mass is 32.1. The Morgan fingerprint density at radius 3 is 2.96 bits per heavy atom. The molecule has 1 atom stereocenters. The highest BCUT2D eigenvalue weighted by molar-refractivity contribution is 7.17. The largest absolute Gasteiger partial charge is 0.384 e. The number of para-hydroxylation sites is 1. The predicted molar refractivity (Wildman–Crippen MR) is 106 cm³/mol. The van der Waals surface area contributed by atoms with E-state index in [9.17, 15) is 4.79 Å². The van der Waals surface area contributed by atoms with Gasteiger partial charge in [0.1, 0.15) is 4.88 Å². The lowest BCUT2D eigenvalue weighted by Gasteiger charge is -2.32. The second kappa shape index (κ2) is 7.63. The Morgan fingerprint density at radius 2 is 2.12 bits per heavy atom. The molecule has 1 fully saturated rings. The van der Waals surface area contributed by atoms with Crippen LogP contribution < -0.4 is 15.5 Å². The summed E-state index contributed by atoms with van der Waals surface area (Å²) in [6.07, 6.45) is 2.65. The zero-order chi connectivity index (χ0) is 17.9. The molecule has 3 heterocycles. The average Bonchev–Trinajstić information content (AvgIpc) is 3.30. The Labute approximate surface area is 158 Å². The van der Waals surface area contributed by atoms with Crippen molar-refractivity contribution in [1.29, 1.82) is 0 Å². The van der Waals surface area contributed by atoms with Gasteiger partial charge in [-0.05, 0) is 25.1 Å². The summed E-state index contributed by atoms with van der Waals surface area (Å²) >= 11 is 1.49. The van der Waals surface area contributed by atoms with E-state index in [4.69, 9.17) is 0 Å². The van der Waals surface area contributed by atoms with Crippen molar-refractivity contribution in [1.82, 2.24) is 15.2 Å². The summed E-state index contributed by atoms with van der Waals surface area (Å²) in [5, 5.41) is 7.45. The second-order valence-electron chi connectivity index (χ2n) is 7.01. The lowest BCUT2D eigenvalue weighted by atomic mass is 9.98. The van der Waals surface area contributed by atoms with Gasteiger partial charge >= 0.3 is 0 Å². The van der Waals surface area contributed by atoms with Gasteiger partial charge in [-0.15, -0.1) is 0 Å². The Hall–Kier alpha value is -2.12. The minimum atomic E-state index is -0.0119. The van der Waals surface area contributed by atoms with Crippen molar-refractivity contribution in [2.75, 3.05) is 56.5 Å². The van der Waals surface area contributed by atoms with Crippen LogP contribution in [0.1, 0.15) is 27.6 Å². The first-order valence-electron chi connectivity index (χ1n) is 9.21. The molecule has 1 amide bonds. The van der Waals surface area contributed by atoms with E-state index in [-0.39, 0.29) is 5.91 Å². The molecule has 1 aromatic carbocycles. The maximum Gasteiger partial charge on any atom is 0.263 e. The molecule has 0 saturated carbocycles. The normalized spacial score (nSPS) is 19.9. The molecule has 1 aromatic heterocycles. The molecule has 2 aromatic rings. The summed E-state index contributed by atoms with van der Waals surface area (Å²) in [6, 6.07) is 8.42. The minimum Gasteiger partial charge on any atom is -0.384 e. The van der Waals surface area contributed by atoms with Crippen LogP contribution in [0.5, 0.6) is 0 Å². The van der Waals surface area contributed by atoms with Crippen LogP contribution in [0.4, 0.5) is 10.8 Å². The quantitative estimate of drug-likeness (QED) is 0.844. The van der Waals surface area contributed by atoms with Gasteiger partial charge < -0.3 is 20.4 Å². The third-order valence-electron chi connectivity index (χ3n) is 5.21. The zero-order valence-corrected chi connectivity index (χ0v) is 15.9. The average molecular weight is 372 g/mol. The van der Waals surface area contributed by atoms with Crippen LogP contribution in [0.3, 0.4) is 0 Å². The lowest BCUT2D eigenvalue weighted by molar-refractivity contribution is 0.0956. The van der Waals surface area contributed by atoms with Crippen LogP contribution in [-0.4, -0.2) is 62.1 Å². The maximum atomic E-state index is 12.4. The van der Waals surface area contributed by atoms with Gasteiger partial charge in [0.25, 0.3) is 5.91 Å². The van der Waals surface area contributed by atoms with E-state index >= 15 is 0 Å². The molecular weight excluding hydrogens is 346 g/mol. The first-order valence-corrected chi connectivity index (χ1v) is 10.0. The second-order valence-corrected chi connectivity index (χ2v) is 8.02. The summed E-state index contributed by atoms with van der Waals surface area (Å²) in [6.45, 7) is 5.65. The monoisotopic (exact) mass is 371 g/mol. The Morgan fingerprint density at radius 1 is 1.31 bits per heavy atom. The van der Waals surface area contributed by atoms with Crippen molar-refractivity contribution in [3.63, 3.8) is 0 Å². The molecule has 7 heteroatoms. The molecular formula is C19H25N5OS. The van der Waals surface area contributed by atoms with Gasteiger partial charge in [-0.25, -0.2) is 4.98 Å². The van der Waals surface area contributed by atoms with Crippen LogP contribution in [0.15, 0.2) is 30.5 Å². The molecule has 2 aliphatic heterocycles. The van der Waals surface area contributed by atoms with Crippen LogP contribution in [0.2, 0.25) is 0 Å². The van der Waals surface area contributed by atoms with Gasteiger partial charge in [0, 0.05) is 50.9 Å².